The van der Waals surface area contributed by atoms with Gasteiger partial charge >= 0.3 is 0 Å². The Morgan fingerprint density at radius 1 is 0.364 bits per heavy atom. The predicted octanol–water partition coefficient (Wildman–Crippen LogP) is 14.4. The zero-order valence-electron chi connectivity index (χ0n) is 32.2. The van der Waals surface area contributed by atoms with E-state index < -0.39 is 5.66 Å². The van der Waals surface area contributed by atoms with Gasteiger partial charge in [-0.15, -0.1) is 0 Å². The van der Waals surface area contributed by atoms with E-state index in [1.807, 2.05) is 0 Å². The number of unbranched alkanes of at least 4 members (excludes halogenated alkanes) is 25. The predicted molar refractivity (Wildman–Crippen MR) is 202 cm³/mol. The van der Waals surface area contributed by atoms with E-state index in [1.54, 1.807) is 0 Å². The molecule has 0 amide bonds. The van der Waals surface area contributed by atoms with E-state index in [4.69, 9.17) is 11.5 Å². The summed E-state index contributed by atoms with van der Waals surface area (Å²) < 4.78 is 0. The molecule has 0 radical (unpaired) electrons. The van der Waals surface area contributed by atoms with Crippen LogP contribution in [0.3, 0.4) is 0 Å². The number of rotatable bonds is 34. The van der Waals surface area contributed by atoms with Gasteiger partial charge in [-0.05, 0) is 37.5 Å². The van der Waals surface area contributed by atoms with Crippen molar-refractivity contribution in [1.29, 1.82) is 0 Å². The van der Waals surface area contributed by atoms with E-state index >= 15 is 0 Å². The zero-order valence-corrected chi connectivity index (χ0v) is 32.2. The highest BCUT2D eigenvalue weighted by atomic mass is 15.0. The van der Waals surface area contributed by atoms with Crippen LogP contribution in [-0.4, -0.2) is 5.66 Å². The van der Waals surface area contributed by atoms with Crippen LogP contribution in [0.25, 0.3) is 0 Å². The van der Waals surface area contributed by atoms with E-state index in [1.165, 1.54) is 199 Å². The first-order valence-corrected chi connectivity index (χ1v) is 20.7. The lowest BCUT2D eigenvalue weighted by Gasteiger charge is -2.56. The summed E-state index contributed by atoms with van der Waals surface area (Å²) >= 11 is 0. The summed E-state index contributed by atoms with van der Waals surface area (Å²) in [6.45, 7) is 16.4. The molecular formula is C42H88N2. The van der Waals surface area contributed by atoms with Crippen molar-refractivity contribution < 1.29 is 0 Å². The minimum Gasteiger partial charge on any atom is -0.313 e. The topological polar surface area (TPSA) is 52.0 Å². The van der Waals surface area contributed by atoms with Gasteiger partial charge in [0.15, 0.2) is 0 Å². The molecule has 0 fully saturated rings. The summed E-state index contributed by atoms with van der Waals surface area (Å²) in [5.74, 6) is 0.719. The number of hydrogen-bond donors (Lipinski definition) is 2. The van der Waals surface area contributed by atoms with Gasteiger partial charge in [-0.2, -0.15) is 0 Å². The molecule has 0 saturated carbocycles. The van der Waals surface area contributed by atoms with E-state index in [0.29, 0.717) is 0 Å². The molecule has 0 aromatic heterocycles. The van der Waals surface area contributed by atoms with Gasteiger partial charge in [-0.1, -0.05) is 221 Å². The lowest BCUT2D eigenvalue weighted by molar-refractivity contribution is -0.0508. The van der Waals surface area contributed by atoms with Gasteiger partial charge in [0, 0.05) is 5.41 Å². The fraction of sp³-hybridized carbons (Fsp3) is 1.00. The first-order valence-electron chi connectivity index (χ1n) is 20.7. The summed E-state index contributed by atoms with van der Waals surface area (Å²) in [5.41, 5.74) is 13.0. The minimum absolute atomic E-state index is 0.108. The van der Waals surface area contributed by atoms with Crippen molar-refractivity contribution in [3.05, 3.63) is 0 Å². The fourth-order valence-corrected chi connectivity index (χ4v) is 7.81. The Labute approximate surface area is 280 Å². The zero-order chi connectivity index (χ0) is 33.0. The second-order valence-corrected chi connectivity index (χ2v) is 16.2. The molecule has 266 valence electrons. The third-order valence-corrected chi connectivity index (χ3v) is 12.0. The van der Waals surface area contributed by atoms with E-state index in [-0.39, 0.29) is 10.8 Å². The van der Waals surface area contributed by atoms with E-state index in [2.05, 4.69) is 48.5 Å². The minimum atomic E-state index is -0.671. The molecule has 0 aromatic rings. The molecule has 44 heavy (non-hydrogen) atoms. The van der Waals surface area contributed by atoms with Gasteiger partial charge < -0.3 is 11.5 Å². The van der Waals surface area contributed by atoms with Crippen LogP contribution in [-0.2, 0) is 0 Å². The Kier molecular flexibility index (Phi) is 27.9. The standard InChI is InChI=1S/C42H88N2/c1-8-11-14-17-20-23-24-25-26-28-31-34-37-39(36-33-30-27-21-18-15-12-9-2)41(6,40(4,5)42(7,43)44)38-35-32-29-22-19-16-13-10-3/h39H,8-38,43-44H2,1-7H3. The third-order valence-electron chi connectivity index (χ3n) is 12.0. The first kappa shape index (κ1) is 43.9. The van der Waals surface area contributed by atoms with Crippen LogP contribution < -0.4 is 11.5 Å². The summed E-state index contributed by atoms with van der Waals surface area (Å²) in [7, 11) is 0. The average Bonchev–Trinajstić information content (AvgIpc) is 2.98. The molecule has 0 aromatic carbocycles. The van der Waals surface area contributed by atoms with Crippen LogP contribution in [0.2, 0.25) is 0 Å². The third kappa shape index (κ3) is 20.2. The van der Waals surface area contributed by atoms with Crippen LogP contribution in [0.4, 0.5) is 0 Å². The van der Waals surface area contributed by atoms with Gasteiger partial charge in [-0.3, -0.25) is 0 Å². The van der Waals surface area contributed by atoms with Crippen molar-refractivity contribution in [2.24, 2.45) is 28.2 Å². The van der Waals surface area contributed by atoms with Crippen molar-refractivity contribution in [2.75, 3.05) is 0 Å². The van der Waals surface area contributed by atoms with Crippen LogP contribution in [0, 0.1) is 16.7 Å². The van der Waals surface area contributed by atoms with Crippen LogP contribution in [0.5, 0.6) is 0 Å². The molecule has 0 bridgehead atoms. The first-order chi connectivity index (χ1) is 21.1. The largest absolute Gasteiger partial charge is 0.313 e. The molecule has 0 aliphatic heterocycles. The van der Waals surface area contributed by atoms with Gasteiger partial charge in [-0.25, -0.2) is 0 Å². The molecule has 4 N–H and O–H groups in total. The second kappa shape index (κ2) is 28.0. The van der Waals surface area contributed by atoms with Crippen LogP contribution in [0.15, 0.2) is 0 Å². The van der Waals surface area contributed by atoms with Crippen molar-refractivity contribution >= 4 is 0 Å². The smallest absolute Gasteiger partial charge is 0.0665 e. The molecule has 0 spiro atoms. The highest BCUT2D eigenvalue weighted by Crippen LogP contribution is 2.55. The Hall–Kier alpha value is -0.0800. The molecule has 0 aliphatic carbocycles. The molecular weight excluding hydrogens is 532 g/mol. The Morgan fingerprint density at radius 2 is 0.614 bits per heavy atom. The van der Waals surface area contributed by atoms with Gasteiger partial charge in [0.05, 0.1) is 5.66 Å². The molecule has 0 aliphatic rings. The second-order valence-electron chi connectivity index (χ2n) is 16.2. The van der Waals surface area contributed by atoms with Gasteiger partial charge in [0.2, 0.25) is 0 Å². The van der Waals surface area contributed by atoms with Crippen LogP contribution >= 0.6 is 0 Å². The summed E-state index contributed by atoms with van der Waals surface area (Å²) in [6, 6.07) is 0. The number of hydrogen-bond acceptors (Lipinski definition) is 2. The maximum absolute atomic E-state index is 6.82. The average molecular weight is 621 g/mol. The van der Waals surface area contributed by atoms with Gasteiger partial charge in [0.25, 0.3) is 0 Å². The Morgan fingerprint density at radius 3 is 0.886 bits per heavy atom. The molecule has 2 nitrogen and oxygen atoms in total. The highest BCUT2D eigenvalue weighted by Gasteiger charge is 2.52. The van der Waals surface area contributed by atoms with Crippen molar-refractivity contribution in [3.8, 4) is 0 Å². The fourth-order valence-electron chi connectivity index (χ4n) is 7.81. The lowest BCUT2D eigenvalue weighted by atomic mass is 9.52. The highest BCUT2D eigenvalue weighted by molar-refractivity contribution is 5.03. The maximum Gasteiger partial charge on any atom is 0.0665 e. The quantitative estimate of drug-likeness (QED) is 0.0555. The Bertz CT molecular complexity index is 591. The molecule has 0 heterocycles. The van der Waals surface area contributed by atoms with Crippen LogP contribution in [0.1, 0.15) is 248 Å². The van der Waals surface area contributed by atoms with E-state index in [9.17, 15) is 0 Å². The Balaban J connectivity index is 5.09. The molecule has 0 rings (SSSR count). The summed E-state index contributed by atoms with van der Waals surface area (Å²) in [5, 5.41) is 0. The van der Waals surface area contributed by atoms with Crippen molar-refractivity contribution in [3.63, 3.8) is 0 Å². The number of nitrogens with two attached hydrogens (primary N) is 2. The van der Waals surface area contributed by atoms with Gasteiger partial charge in [0.1, 0.15) is 0 Å². The van der Waals surface area contributed by atoms with Crippen molar-refractivity contribution in [1.82, 2.24) is 0 Å². The van der Waals surface area contributed by atoms with Crippen molar-refractivity contribution in [2.45, 2.75) is 253 Å². The van der Waals surface area contributed by atoms with E-state index in [0.717, 1.165) is 5.92 Å². The summed E-state index contributed by atoms with van der Waals surface area (Å²) in [6.07, 6.45) is 43.4. The molecule has 2 atom stereocenters. The summed E-state index contributed by atoms with van der Waals surface area (Å²) in [4.78, 5) is 0. The molecule has 2 unspecified atom stereocenters. The maximum atomic E-state index is 6.82. The normalized spacial score (nSPS) is 14.7. The lowest BCUT2D eigenvalue weighted by Crippen LogP contribution is -2.65. The molecule has 0 saturated heterocycles. The SMILES string of the molecule is CCCCCCCCCCCCCCC(CCCCCCCCCC)C(C)(CCCCCCCCCC)C(C)(C)C(C)(N)N. The monoisotopic (exact) mass is 621 g/mol. The molecule has 2 heteroatoms.